The van der Waals surface area contributed by atoms with Gasteiger partial charge in [-0.05, 0) is 103 Å². The molecule has 0 aromatic heterocycles. The highest BCUT2D eigenvalue weighted by molar-refractivity contribution is 7.47. The van der Waals surface area contributed by atoms with Crippen molar-refractivity contribution in [2.24, 2.45) is 0 Å². The number of unbranched alkanes of at least 4 members (excludes halogenated alkanes) is 42. The molecule has 0 heterocycles. The number of aliphatic hydroxyl groups is 1. The maximum absolute atomic E-state index is 13.0. The summed E-state index contributed by atoms with van der Waals surface area (Å²) in [6.45, 7) is 4.69. The van der Waals surface area contributed by atoms with E-state index >= 15 is 0 Å². The molecular weight excluding hydrogens is 1070 g/mol. The average molecular weight is 1210 g/mol. The molecule has 0 aromatic carbocycles. The molecule has 0 saturated heterocycles. The minimum absolute atomic E-state index is 0.165. The Bertz CT molecular complexity index is 1600. The first-order valence-corrected chi connectivity index (χ1v) is 37.0. The summed E-state index contributed by atoms with van der Waals surface area (Å²) in [5.41, 5.74) is 0. The Morgan fingerprint density at radius 3 is 0.917 bits per heavy atom. The number of ether oxygens (including phenoxy) is 3. The van der Waals surface area contributed by atoms with Crippen LogP contribution in [0.25, 0.3) is 0 Å². The summed E-state index contributed by atoms with van der Waals surface area (Å²) < 4.78 is 39.8. The molecule has 0 aliphatic heterocycles. The third-order valence-electron chi connectivity index (χ3n) is 15.7. The second-order valence-corrected chi connectivity index (χ2v) is 25.5. The van der Waals surface area contributed by atoms with E-state index in [0.29, 0.717) is 19.3 Å². The van der Waals surface area contributed by atoms with Gasteiger partial charge < -0.3 is 24.2 Å². The van der Waals surface area contributed by atoms with E-state index in [2.05, 4.69) is 69.4 Å². The van der Waals surface area contributed by atoms with Crippen molar-refractivity contribution in [1.29, 1.82) is 0 Å². The monoisotopic (exact) mass is 1200 g/mol. The van der Waals surface area contributed by atoms with Crippen LogP contribution in [-0.2, 0) is 42.2 Å². The SMILES string of the molecule is CCCCC/C=C\C/C=C\CCCCCCCCCCCC(=O)OC(COC(=O)CCCCCCCCCCC/C=C\CCCCCCCC)COP(=O)(O)OCC(CO)OC(=O)CCCCCCCCCCC/C=C\CCCCCCCC. The molecule has 0 bridgehead atoms. The second kappa shape index (κ2) is 66.4. The van der Waals surface area contributed by atoms with Gasteiger partial charge >= 0.3 is 25.7 Å². The number of aliphatic hydroxyl groups excluding tert-OH is 1. The van der Waals surface area contributed by atoms with Crippen LogP contribution in [0.4, 0.5) is 0 Å². The van der Waals surface area contributed by atoms with Crippen molar-refractivity contribution in [1.82, 2.24) is 0 Å². The maximum Gasteiger partial charge on any atom is 0.472 e. The molecule has 492 valence electrons. The first kappa shape index (κ1) is 81.4. The molecule has 0 fully saturated rings. The van der Waals surface area contributed by atoms with Crippen molar-refractivity contribution >= 4 is 25.7 Å². The van der Waals surface area contributed by atoms with Gasteiger partial charge in [0.2, 0.25) is 0 Å². The lowest BCUT2D eigenvalue weighted by Gasteiger charge is -2.21. The number of hydrogen-bond acceptors (Lipinski definition) is 10. The summed E-state index contributed by atoms with van der Waals surface area (Å²) in [5.74, 6) is -1.45. The zero-order chi connectivity index (χ0) is 61.2. The lowest BCUT2D eigenvalue weighted by molar-refractivity contribution is -0.161. The summed E-state index contributed by atoms with van der Waals surface area (Å²) in [7, 11) is -4.76. The van der Waals surface area contributed by atoms with Gasteiger partial charge in [-0.1, -0.05) is 281 Å². The van der Waals surface area contributed by atoms with Crippen molar-refractivity contribution in [3.05, 3.63) is 48.6 Å². The Hall–Kier alpha value is -2.56. The van der Waals surface area contributed by atoms with E-state index in [9.17, 15) is 28.9 Å². The summed E-state index contributed by atoms with van der Waals surface area (Å²) in [5, 5.41) is 9.89. The number of hydrogen-bond donors (Lipinski definition) is 2. The number of allylic oxidation sites excluding steroid dienone is 8. The third-order valence-corrected chi connectivity index (χ3v) is 16.6. The van der Waals surface area contributed by atoms with Gasteiger partial charge in [0.1, 0.15) is 12.7 Å². The van der Waals surface area contributed by atoms with Crippen LogP contribution in [0.2, 0.25) is 0 Å². The quantitative estimate of drug-likeness (QED) is 0.0197. The van der Waals surface area contributed by atoms with Crippen LogP contribution in [0, 0.1) is 0 Å². The fourth-order valence-electron chi connectivity index (χ4n) is 10.3. The highest BCUT2D eigenvalue weighted by Crippen LogP contribution is 2.43. The van der Waals surface area contributed by atoms with Crippen LogP contribution in [0.1, 0.15) is 355 Å². The van der Waals surface area contributed by atoms with Crippen molar-refractivity contribution in [2.45, 2.75) is 367 Å². The van der Waals surface area contributed by atoms with E-state index in [-0.39, 0.29) is 25.9 Å². The maximum atomic E-state index is 13.0. The van der Waals surface area contributed by atoms with Gasteiger partial charge in [0, 0.05) is 19.3 Å². The molecule has 12 heteroatoms. The van der Waals surface area contributed by atoms with Crippen LogP contribution < -0.4 is 0 Å². The Labute approximate surface area is 517 Å². The van der Waals surface area contributed by atoms with Gasteiger partial charge in [-0.3, -0.25) is 23.4 Å². The van der Waals surface area contributed by atoms with E-state index in [4.69, 9.17) is 23.3 Å². The molecule has 3 atom stereocenters. The zero-order valence-corrected chi connectivity index (χ0v) is 55.8. The van der Waals surface area contributed by atoms with Gasteiger partial charge in [0.25, 0.3) is 0 Å². The molecule has 0 amide bonds. The highest BCUT2D eigenvalue weighted by atomic mass is 31.2. The zero-order valence-electron chi connectivity index (χ0n) is 54.9. The number of rotatable bonds is 67. The smallest absolute Gasteiger partial charge is 0.462 e. The first-order chi connectivity index (χ1) is 41.2. The second-order valence-electron chi connectivity index (χ2n) is 24.0. The molecule has 0 saturated carbocycles. The summed E-state index contributed by atoms with van der Waals surface area (Å²) in [6, 6.07) is 0. The van der Waals surface area contributed by atoms with Gasteiger partial charge in [-0.2, -0.15) is 0 Å². The lowest BCUT2D eigenvalue weighted by atomic mass is 10.1. The minimum Gasteiger partial charge on any atom is -0.462 e. The van der Waals surface area contributed by atoms with Crippen molar-refractivity contribution < 1.29 is 52.2 Å². The van der Waals surface area contributed by atoms with E-state index in [1.54, 1.807) is 0 Å². The molecule has 0 rings (SSSR count). The normalized spacial score (nSPS) is 13.4. The molecule has 2 N–H and O–H groups in total. The average Bonchev–Trinajstić information content (AvgIpc) is 3.53. The van der Waals surface area contributed by atoms with Crippen LogP contribution >= 0.6 is 7.82 Å². The Balaban J connectivity index is 4.65. The predicted octanol–water partition coefficient (Wildman–Crippen LogP) is 22.0. The molecule has 84 heavy (non-hydrogen) atoms. The van der Waals surface area contributed by atoms with E-state index < -0.39 is 57.8 Å². The molecule has 0 spiro atoms. The van der Waals surface area contributed by atoms with Crippen molar-refractivity contribution in [3.63, 3.8) is 0 Å². The topological polar surface area (TPSA) is 155 Å². The van der Waals surface area contributed by atoms with Crippen LogP contribution in [-0.4, -0.2) is 66.5 Å². The Morgan fingerprint density at radius 1 is 0.333 bits per heavy atom. The van der Waals surface area contributed by atoms with Crippen LogP contribution in [0.5, 0.6) is 0 Å². The third kappa shape index (κ3) is 63.9. The number of phosphoric ester groups is 1. The predicted molar refractivity (Wildman–Crippen MR) is 353 cm³/mol. The highest BCUT2D eigenvalue weighted by Gasteiger charge is 2.28. The largest absolute Gasteiger partial charge is 0.472 e. The van der Waals surface area contributed by atoms with Gasteiger partial charge in [-0.15, -0.1) is 0 Å². The standard InChI is InChI=1S/C72H133O11P/c1-4-7-10-13-16-19-22-25-28-31-34-37-40-43-46-49-52-55-58-61-70(74)79-65-69(83-72(76)63-60-57-54-51-48-45-42-39-36-33-30-27-24-21-18-15-12-9-6-3)67-81-84(77,78)80-66-68(64-73)82-71(75)62-59-56-53-50-47-44-41-38-35-32-29-26-23-20-17-14-11-8-5-2/h18,21,25-30,68-69,73H,4-17,19-20,22-24,31-67H2,1-3H3,(H,77,78)/b21-18-,28-25-,29-26-,30-27-. The number of carbonyl (C=O) groups is 3. The summed E-state index contributed by atoms with van der Waals surface area (Å²) >= 11 is 0. The van der Waals surface area contributed by atoms with E-state index in [1.165, 1.54) is 225 Å². The molecule has 0 aliphatic carbocycles. The fourth-order valence-corrected chi connectivity index (χ4v) is 11.0. The molecular formula is C72H133O11P. The minimum atomic E-state index is -4.76. The number of esters is 3. The molecule has 3 unspecified atom stereocenters. The fraction of sp³-hybridized carbons (Fsp3) is 0.847. The molecule has 0 radical (unpaired) electrons. The van der Waals surface area contributed by atoms with Gasteiger partial charge in [0.05, 0.1) is 19.8 Å². The Morgan fingerprint density at radius 2 is 0.583 bits per heavy atom. The molecule has 11 nitrogen and oxygen atoms in total. The number of phosphoric acid groups is 1. The van der Waals surface area contributed by atoms with Crippen LogP contribution in [0.3, 0.4) is 0 Å². The number of carbonyl (C=O) groups excluding carboxylic acids is 3. The van der Waals surface area contributed by atoms with E-state index in [0.717, 1.165) is 70.6 Å². The van der Waals surface area contributed by atoms with Crippen LogP contribution in [0.15, 0.2) is 48.6 Å². The van der Waals surface area contributed by atoms with E-state index in [1.807, 2.05) is 0 Å². The lowest BCUT2D eigenvalue weighted by Crippen LogP contribution is -2.30. The first-order valence-electron chi connectivity index (χ1n) is 35.5. The van der Waals surface area contributed by atoms with Gasteiger partial charge in [-0.25, -0.2) is 4.57 Å². The summed E-state index contributed by atoms with van der Waals surface area (Å²) in [6.07, 6.45) is 74.8. The summed E-state index contributed by atoms with van der Waals surface area (Å²) in [4.78, 5) is 48.9. The molecule has 0 aliphatic rings. The Kier molecular flexibility index (Phi) is 64.4. The molecule has 0 aromatic rings. The van der Waals surface area contributed by atoms with Gasteiger partial charge in [0.15, 0.2) is 6.10 Å². The van der Waals surface area contributed by atoms with Crippen molar-refractivity contribution in [3.8, 4) is 0 Å². The van der Waals surface area contributed by atoms with Crippen molar-refractivity contribution in [2.75, 3.05) is 26.4 Å².